The number of allylic oxidation sites excluding steroid dienone is 1. The van der Waals surface area contributed by atoms with Gasteiger partial charge in [0.1, 0.15) is 11.6 Å². The zero-order chi connectivity index (χ0) is 12.8. The maximum Gasteiger partial charge on any atom is 0.257 e. The second-order valence-corrected chi connectivity index (χ2v) is 3.82. The number of phenolic OH excluding ortho intramolecular Hbond substituents is 1. The van der Waals surface area contributed by atoms with Crippen molar-refractivity contribution in [3.8, 4) is 5.75 Å². The van der Waals surface area contributed by atoms with Gasteiger partial charge in [0.05, 0.1) is 5.56 Å². The molecule has 0 saturated heterocycles. The number of hydrogen-bond donors (Lipinski definition) is 1. The monoisotopic (exact) mass is 237 g/mol. The quantitative estimate of drug-likeness (QED) is 0.631. The molecule has 3 nitrogen and oxygen atoms in total. The van der Waals surface area contributed by atoms with Crippen LogP contribution in [0, 0.1) is 5.82 Å². The van der Waals surface area contributed by atoms with Crippen molar-refractivity contribution in [2.45, 2.75) is 12.8 Å². The maximum absolute atomic E-state index is 12.8. The van der Waals surface area contributed by atoms with Crippen LogP contribution in [0.4, 0.5) is 4.39 Å². The molecular weight excluding hydrogens is 221 g/mol. The molecule has 0 bridgehead atoms. The molecular formula is C13H16FNO2. The predicted octanol–water partition coefficient (Wildman–Crippen LogP) is 2.57. The molecule has 0 saturated carbocycles. The highest BCUT2D eigenvalue weighted by molar-refractivity contribution is 5.96. The van der Waals surface area contributed by atoms with E-state index in [1.807, 2.05) is 0 Å². The molecule has 17 heavy (non-hydrogen) atoms. The Balaban J connectivity index is 2.71. The first kappa shape index (κ1) is 13.2. The number of amides is 1. The SMILES string of the molecule is C=CCCCN(C)C(=O)c1ccc(F)cc1O. The summed E-state index contributed by atoms with van der Waals surface area (Å²) in [6.07, 6.45) is 3.42. The Morgan fingerprint density at radius 2 is 2.29 bits per heavy atom. The zero-order valence-electron chi connectivity index (χ0n) is 9.82. The average Bonchev–Trinajstić information content (AvgIpc) is 2.28. The number of halogens is 1. The summed E-state index contributed by atoms with van der Waals surface area (Å²) in [5.41, 5.74) is 0.118. The number of phenols is 1. The first-order chi connectivity index (χ1) is 8.06. The van der Waals surface area contributed by atoms with Crippen molar-refractivity contribution >= 4 is 5.91 Å². The van der Waals surface area contributed by atoms with Crippen LogP contribution in [0.25, 0.3) is 0 Å². The van der Waals surface area contributed by atoms with E-state index in [4.69, 9.17) is 0 Å². The molecule has 0 heterocycles. The van der Waals surface area contributed by atoms with Gasteiger partial charge in [-0.3, -0.25) is 4.79 Å². The second-order valence-electron chi connectivity index (χ2n) is 3.82. The van der Waals surface area contributed by atoms with Gasteiger partial charge in [-0.25, -0.2) is 4.39 Å². The topological polar surface area (TPSA) is 40.5 Å². The lowest BCUT2D eigenvalue weighted by molar-refractivity contribution is 0.0791. The number of benzene rings is 1. The van der Waals surface area contributed by atoms with Gasteiger partial charge in [0, 0.05) is 19.7 Å². The van der Waals surface area contributed by atoms with Crippen molar-refractivity contribution in [3.63, 3.8) is 0 Å². The van der Waals surface area contributed by atoms with Crippen molar-refractivity contribution in [3.05, 3.63) is 42.2 Å². The highest BCUT2D eigenvalue weighted by Crippen LogP contribution is 2.19. The molecule has 92 valence electrons. The van der Waals surface area contributed by atoms with E-state index < -0.39 is 5.82 Å². The molecule has 0 aliphatic carbocycles. The summed E-state index contributed by atoms with van der Waals surface area (Å²) in [7, 11) is 1.65. The fraction of sp³-hybridized carbons (Fsp3) is 0.308. The first-order valence-electron chi connectivity index (χ1n) is 5.41. The van der Waals surface area contributed by atoms with Gasteiger partial charge in [0.15, 0.2) is 0 Å². The van der Waals surface area contributed by atoms with Crippen molar-refractivity contribution < 1.29 is 14.3 Å². The van der Waals surface area contributed by atoms with Gasteiger partial charge in [-0.15, -0.1) is 6.58 Å². The number of carbonyl (C=O) groups is 1. The van der Waals surface area contributed by atoms with Gasteiger partial charge in [0.2, 0.25) is 0 Å². The Labute approximate surface area is 100 Å². The summed E-state index contributed by atoms with van der Waals surface area (Å²) in [6.45, 7) is 4.17. The molecule has 0 aromatic heterocycles. The van der Waals surface area contributed by atoms with Gasteiger partial charge in [-0.2, -0.15) is 0 Å². The first-order valence-corrected chi connectivity index (χ1v) is 5.41. The average molecular weight is 237 g/mol. The van der Waals surface area contributed by atoms with Gasteiger partial charge < -0.3 is 10.0 Å². The number of unbranched alkanes of at least 4 members (excludes halogenated alkanes) is 1. The molecule has 0 aliphatic heterocycles. The molecule has 0 atom stereocenters. The molecule has 4 heteroatoms. The fourth-order valence-corrected chi connectivity index (χ4v) is 1.47. The number of nitrogens with zero attached hydrogens (tertiary/aromatic N) is 1. The van der Waals surface area contributed by atoms with Gasteiger partial charge >= 0.3 is 0 Å². The predicted molar refractivity (Wildman–Crippen MR) is 64.5 cm³/mol. The summed E-state index contributed by atoms with van der Waals surface area (Å²) < 4.78 is 12.8. The van der Waals surface area contributed by atoms with Crippen LogP contribution in [-0.4, -0.2) is 29.5 Å². The summed E-state index contributed by atoms with van der Waals surface area (Å²) >= 11 is 0. The van der Waals surface area contributed by atoms with Crippen molar-refractivity contribution in [2.24, 2.45) is 0 Å². The van der Waals surface area contributed by atoms with Gasteiger partial charge in [-0.05, 0) is 25.0 Å². The molecule has 1 rings (SSSR count). The Hall–Kier alpha value is -1.84. The second kappa shape index (κ2) is 6.03. The molecule has 1 aromatic rings. The largest absolute Gasteiger partial charge is 0.507 e. The minimum atomic E-state index is -0.562. The normalized spacial score (nSPS) is 10.0. The van der Waals surface area contributed by atoms with Crippen LogP contribution < -0.4 is 0 Å². The summed E-state index contributed by atoms with van der Waals surface area (Å²) in [5.74, 6) is -1.20. The lowest BCUT2D eigenvalue weighted by Crippen LogP contribution is -2.27. The van der Waals surface area contributed by atoms with Crippen LogP contribution in [0.2, 0.25) is 0 Å². The van der Waals surface area contributed by atoms with Crippen LogP contribution in [-0.2, 0) is 0 Å². The van der Waals surface area contributed by atoms with Crippen molar-refractivity contribution in [1.29, 1.82) is 0 Å². The van der Waals surface area contributed by atoms with Crippen LogP contribution >= 0.6 is 0 Å². The molecule has 0 unspecified atom stereocenters. The fourth-order valence-electron chi connectivity index (χ4n) is 1.47. The van der Waals surface area contributed by atoms with Crippen molar-refractivity contribution in [2.75, 3.05) is 13.6 Å². The third-order valence-corrected chi connectivity index (χ3v) is 2.44. The number of hydrogen-bond acceptors (Lipinski definition) is 2. The van der Waals surface area contributed by atoms with E-state index in [-0.39, 0.29) is 17.2 Å². The Bertz CT molecular complexity index is 418. The molecule has 1 N–H and O–H groups in total. The van der Waals surface area contributed by atoms with Crippen LogP contribution in [0.15, 0.2) is 30.9 Å². The third kappa shape index (κ3) is 3.59. The van der Waals surface area contributed by atoms with E-state index >= 15 is 0 Å². The summed E-state index contributed by atoms with van der Waals surface area (Å²) in [6, 6.07) is 3.38. The number of rotatable bonds is 5. The van der Waals surface area contributed by atoms with Gasteiger partial charge in [0.25, 0.3) is 5.91 Å². The smallest absolute Gasteiger partial charge is 0.257 e. The lowest BCUT2D eigenvalue weighted by atomic mass is 10.1. The van der Waals surface area contributed by atoms with E-state index in [1.165, 1.54) is 11.0 Å². The zero-order valence-corrected chi connectivity index (χ0v) is 9.82. The highest BCUT2D eigenvalue weighted by atomic mass is 19.1. The van der Waals surface area contributed by atoms with E-state index in [1.54, 1.807) is 13.1 Å². The third-order valence-electron chi connectivity index (χ3n) is 2.44. The van der Waals surface area contributed by atoms with E-state index in [0.717, 1.165) is 25.0 Å². The molecule has 0 spiro atoms. The van der Waals surface area contributed by atoms with E-state index in [0.29, 0.717) is 6.54 Å². The molecule has 0 aliphatic rings. The molecule has 0 radical (unpaired) electrons. The standard InChI is InChI=1S/C13H16FNO2/c1-3-4-5-8-15(2)13(17)11-7-6-10(14)9-12(11)16/h3,6-7,9,16H,1,4-5,8H2,2H3. The van der Waals surface area contributed by atoms with Gasteiger partial charge in [-0.1, -0.05) is 6.08 Å². The van der Waals surface area contributed by atoms with E-state index in [2.05, 4.69) is 6.58 Å². The van der Waals surface area contributed by atoms with Crippen LogP contribution in [0.3, 0.4) is 0 Å². The highest BCUT2D eigenvalue weighted by Gasteiger charge is 2.15. The number of aromatic hydroxyl groups is 1. The Kier molecular flexibility index (Phi) is 4.69. The summed E-state index contributed by atoms with van der Waals surface area (Å²) in [5, 5.41) is 9.48. The molecule has 1 amide bonds. The minimum absolute atomic E-state index is 0.118. The number of carbonyl (C=O) groups excluding carboxylic acids is 1. The minimum Gasteiger partial charge on any atom is -0.507 e. The van der Waals surface area contributed by atoms with Crippen molar-refractivity contribution in [1.82, 2.24) is 4.90 Å². The Morgan fingerprint density at radius 1 is 1.59 bits per heavy atom. The maximum atomic E-state index is 12.8. The summed E-state index contributed by atoms with van der Waals surface area (Å²) in [4.78, 5) is 13.4. The van der Waals surface area contributed by atoms with E-state index in [9.17, 15) is 14.3 Å². The Morgan fingerprint density at radius 3 is 2.88 bits per heavy atom. The van der Waals surface area contributed by atoms with Crippen LogP contribution in [0.5, 0.6) is 5.75 Å². The lowest BCUT2D eigenvalue weighted by Gasteiger charge is -2.17. The van der Waals surface area contributed by atoms with Crippen LogP contribution in [0.1, 0.15) is 23.2 Å². The molecule has 1 aromatic carbocycles. The molecule has 0 fully saturated rings.